The van der Waals surface area contributed by atoms with Gasteiger partial charge in [0, 0.05) is 22.3 Å². The fourth-order valence-electron chi connectivity index (χ4n) is 3.27. The molecule has 0 heterocycles. The summed E-state index contributed by atoms with van der Waals surface area (Å²) in [6, 6.07) is 16.2. The summed E-state index contributed by atoms with van der Waals surface area (Å²) in [4.78, 5) is 50.2. The molecule has 0 saturated carbocycles. The number of anilines is 1. The van der Waals surface area contributed by atoms with Crippen molar-refractivity contribution in [2.24, 2.45) is 0 Å². The van der Waals surface area contributed by atoms with E-state index in [2.05, 4.69) is 5.32 Å². The second-order valence-electron chi connectivity index (χ2n) is 6.54. The Morgan fingerprint density at radius 3 is 2.17 bits per heavy atom. The first-order valence-electron chi connectivity index (χ1n) is 9.00. The molecule has 0 saturated heterocycles. The zero-order chi connectivity index (χ0) is 21.3. The van der Waals surface area contributed by atoms with E-state index >= 15 is 0 Å². The number of halogens is 1. The largest absolute Gasteiger partial charge is 0.452 e. The van der Waals surface area contributed by atoms with Crippen molar-refractivity contribution in [1.29, 1.82) is 0 Å². The Kier molecular flexibility index (Phi) is 4.93. The Labute approximate surface area is 170 Å². The van der Waals surface area contributed by atoms with E-state index in [4.69, 9.17) is 4.74 Å². The number of fused-ring (bicyclic) bond motifs is 2. The number of ether oxygens (including phenoxy) is 1. The average Bonchev–Trinajstić information content (AvgIpc) is 2.77. The SMILES string of the molecule is O=C(COC(=O)c1cccc2c1C(=O)c1ccccc1C2=O)Nc1ccccc1F. The van der Waals surface area contributed by atoms with Crippen molar-refractivity contribution >= 4 is 29.1 Å². The van der Waals surface area contributed by atoms with Crippen LogP contribution in [-0.4, -0.2) is 30.0 Å². The second-order valence-corrected chi connectivity index (χ2v) is 6.54. The minimum atomic E-state index is -0.934. The zero-order valence-corrected chi connectivity index (χ0v) is 15.5. The fourth-order valence-corrected chi connectivity index (χ4v) is 3.27. The van der Waals surface area contributed by atoms with Crippen molar-refractivity contribution in [3.05, 3.63) is 100 Å². The first-order chi connectivity index (χ1) is 14.5. The number of esters is 1. The summed E-state index contributed by atoms with van der Waals surface area (Å²) in [5, 5.41) is 2.30. The van der Waals surface area contributed by atoms with E-state index in [0.29, 0.717) is 0 Å². The number of carbonyl (C=O) groups excluding carboxylic acids is 4. The van der Waals surface area contributed by atoms with Gasteiger partial charge >= 0.3 is 5.97 Å². The van der Waals surface area contributed by atoms with Crippen molar-refractivity contribution in [1.82, 2.24) is 0 Å². The topological polar surface area (TPSA) is 89.5 Å². The van der Waals surface area contributed by atoms with Crippen molar-refractivity contribution < 1.29 is 28.3 Å². The minimum Gasteiger partial charge on any atom is -0.452 e. The van der Waals surface area contributed by atoms with E-state index in [0.717, 1.165) is 0 Å². The Morgan fingerprint density at radius 2 is 1.43 bits per heavy atom. The maximum atomic E-state index is 13.6. The number of benzene rings is 3. The minimum absolute atomic E-state index is 0.0481. The summed E-state index contributed by atoms with van der Waals surface area (Å²) in [6.07, 6.45) is 0. The standard InChI is InChI=1S/C23H14FNO5/c24-17-10-3-4-11-18(17)25-19(26)12-30-23(29)16-9-5-8-15-20(16)22(28)14-7-2-1-6-13(14)21(15)27/h1-11H,12H2,(H,25,26). The molecule has 6 nitrogen and oxygen atoms in total. The van der Waals surface area contributed by atoms with Gasteiger partial charge in [-0.2, -0.15) is 0 Å². The van der Waals surface area contributed by atoms with Crippen LogP contribution in [0.3, 0.4) is 0 Å². The Morgan fingerprint density at radius 1 is 0.800 bits per heavy atom. The van der Waals surface area contributed by atoms with Crippen LogP contribution in [0.2, 0.25) is 0 Å². The normalized spacial score (nSPS) is 12.0. The first kappa shape index (κ1) is 19.2. The van der Waals surface area contributed by atoms with Gasteiger partial charge in [-0.1, -0.05) is 48.5 Å². The monoisotopic (exact) mass is 403 g/mol. The second kappa shape index (κ2) is 7.71. The van der Waals surface area contributed by atoms with Crippen LogP contribution >= 0.6 is 0 Å². The highest BCUT2D eigenvalue weighted by atomic mass is 19.1. The molecule has 1 aliphatic carbocycles. The van der Waals surface area contributed by atoms with E-state index in [1.54, 1.807) is 24.3 Å². The van der Waals surface area contributed by atoms with Crippen LogP contribution in [0, 0.1) is 5.82 Å². The zero-order valence-electron chi connectivity index (χ0n) is 15.5. The molecule has 3 aromatic rings. The Bertz CT molecular complexity index is 1220. The fraction of sp³-hybridized carbons (Fsp3) is 0.0435. The number of rotatable bonds is 4. The number of carbonyl (C=O) groups is 4. The summed E-state index contributed by atoms with van der Waals surface area (Å²) in [6.45, 7) is -0.685. The molecule has 0 aromatic heterocycles. The highest BCUT2D eigenvalue weighted by Crippen LogP contribution is 2.29. The van der Waals surface area contributed by atoms with Crippen LogP contribution < -0.4 is 5.32 Å². The number of hydrogen-bond donors (Lipinski definition) is 1. The van der Waals surface area contributed by atoms with Crippen LogP contribution in [-0.2, 0) is 9.53 Å². The van der Waals surface area contributed by atoms with Crippen LogP contribution in [0.4, 0.5) is 10.1 Å². The molecule has 3 aromatic carbocycles. The van der Waals surface area contributed by atoms with Gasteiger partial charge in [0.2, 0.25) is 0 Å². The number of hydrogen-bond acceptors (Lipinski definition) is 5. The van der Waals surface area contributed by atoms with Gasteiger partial charge in [0.15, 0.2) is 18.2 Å². The van der Waals surface area contributed by atoms with Crippen molar-refractivity contribution in [3.8, 4) is 0 Å². The van der Waals surface area contributed by atoms with Gasteiger partial charge in [-0.3, -0.25) is 14.4 Å². The molecule has 0 bridgehead atoms. The highest BCUT2D eigenvalue weighted by Gasteiger charge is 2.33. The van der Waals surface area contributed by atoms with Gasteiger partial charge in [-0.25, -0.2) is 9.18 Å². The lowest BCUT2D eigenvalue weighted by Gasteiger charge is -2.19. The summed E-state index contributed by atoms with van der Waals surface area (Å²) in [5.74, 6) is -3.14. The third-order valence-electron chi connectivity index (χ3n) is 4.65. The molecule has 0 unspecified atom stereocenters. The lowest BCUT2D eigenvalue weighted by atomic mass is 9.82. The van der Waals surface area contributed by atoms with Crippen LogP contribution in [0.25, 0.3) is 0 Å². The molecule has 30 heavy (non-hydrogen) atoms. The van der Waals surface area contributed by atoms with E-state index in [1.807, 2.05) is 0 Å². The maximum Gasteiger partial charge on any atom is 0.339 e. The average molecular weight is 403 g/mol. The molecule has 1 N–H and O–H groups in total. The summed E-state index contributed by atoms with van der Waals surface area (Å²) in [5.41, 5.74) is 0.356. The summed E-state index contributed by atoms with van der Waals surface area (Å²) >= 11 is 0. The van der Waals surface area contributed by atoms with Crippen LogP contribution in [0.5, 0.6) is 0 Å². The quantitative estimate of drug-likeness (QED) is 0.528. The van der Waals surface area contributed by atoms with Crippen molar-refractivity contribution in [2.45, 2.75) is 0 Å². The van der Waals surface area contributed by atoms with Gasteiger partial charge in [0.05, 0.1) is 11.3 Å². The van der Waals surface area contributed by atoms with Gasteiger partial charge < -0.3 is 10.1 Å². The van der Waals surface area contributed by atoms with E-state index in [1.165, 1.54) is 42.5 Å². The van der Waals surface area contributed by atoms with Gasteiger partial charge in [0.25, 0.3) is 5.91 Å². The lowest BCUT2D eigenvalue weighted by molar-refractivity contribution is -0.119. The van der Waals surface area contributed by atoms with Gasteiger partial charge in [-0.05, 0) is 18.2 Å². The third kappa shape index (κ3) is 3.37. The molecule has 0 aliphatic heterocycles. The molecule has 4 rings (SSSR count). The number of amides is 1. The van der Waals surface area contributed by atoms with Crippen LogP contribution in [0.15, 0.2) is 66.7 Å². The first-order valence-corrected chi connectivity index (χ1v) is 9.00. The van der Waals surface area contributed by atoms with Crippen molar-refractivity contribution in [3.63, 3.8) is 0 Å². The van der Waals surface area contributed by atoms with E-state index < -0.39 is 30.1 Å². The van der Waals surface area contributed by atoms with E-state index in [-0.39, 0.29) is 39.3 Å². The van der Waals surface area contributed by atoms with E-state index in [9.17, 15) is 23.6 Å². The van der Waals surface area contributed by atoms with Gasteiger partial charge in [-0.15, -0.1) is 0 Å². The Hall–Kier alpha value is -4.13. The molecule has 148 valence electrons. The molecule has 0 fully saturated rings. The molecule has 0 radical (unpaired) electrons. The molecular weight excluding hydrogens is 389 g/mol. The maximum absolute atomic E-state index is 13.6. The predicted octanol–water partition coefficient (Wildman–Crippen LogP) is 3.40. The van der Waals surface area contributed by atoms with Gasteiger partial charge in [0.1, 0.15) is 5.82 Å². The third-order valence-corrected chi connectivity index (χ3v) is 4.65. The van der Waals surface area contributed by atoms with Crippen molar-refractivity contribution in [2.75, 3.05) is 11.9 Å². The number of nitrogens with one attached hydrogen (secondary N) is 1. The molecule has 0 spiro atoms. The lowest BCUT2D eigenvalue weighted by Crippen LogP contribution is -2.26. The summed E-state index contributed by atoms with van der Waals surface area (Å²) < 4.78 is 18.6. The van der Waals surface area contributed by atoms with Crippen LogP contribution in [0.1, 0.15) is 42.2 Å². The number of para-hydroxylation sites is 1. The predicted molar refractivity (Wildman–Crippen MR) is 105 cm³/mol. The molecule has 7 heteroatoms. The molecule has 0 atom stereocenters. The summed E-state index contributed by atoms with van der Waals surface area (Å²) in [7, 11) is 0. The highest BCUT2D eigenvalue weighted by molar-refractivity contribution is 6.30. The number of ketones is 2. The molecule has 1 amide bonds. The Balaban J connectivity index is 1.55. The molecule has 1 aliphatic rings. The molecular formula is C23H14FNO5. The smallest absolute Gasteiger partial charge is 0.339 e.